The number of rotatable bonds is 3. The summed E-state index contributed by atoms with van der Waals surface area (Å²) in [6.45, 7) is 0. The highest BCUT2D eigenvalue weighted by molar-refractivity contribution is 6.20. The molecule has 0 spiro atoms. The number of nitrogens with zero attached hydrogens (tertiary/aromatic N) is 2. The average molecular weight is 575 g/mol. The Morgan fingerprint density at radius 1 is 0.356 bits per heavy atom. The highest BCUT2D eigenvalue weighted by Gasteiger charge is 2.20. The predicted octanol–water partition coefficient (Wildman–Crippen LogP) is 11.4. The smallest absolute Gasteiger partial charge is 0.143 e. The zero-order valence-electron chi connectivity index (χ0n) is 24.3. The number of para-hydroxylation sites is 5. The van der Waals surface area contributed by atoms with Gasteiger partial charge in [0.2, 0.25) is 0 Å². The minimum atomic E-state index is 0.916. The Balaban J connectivity index is 1.32. The molecule has 3 heteroatoms. The number of fused-ring (bicyclic) bond motifs is 9. The third-order valence-corrected chi connectivity index (χ3v) is 9.30. The summed E-state index contributed by atoms with van der Waals surface area (Å²) in [5.74, 6) is 0. The molecule has 7 aromatic carbocycles. The number of hydrogen-bond acceptors (Lipinski definition) is 1. The molecule has 10 rings (SSSR count). The Kier molecular flexibility index (Phi) is 5.00. The third kappa shape index (κ3) is 3.46. The van der Waals surface area contributed by atoms with Gasteiger partial charge in [0.25, 0.3) is 0 Å². The van der Waals surface area contributed by atoms with Crippen LogP contribution in [0.2, 0.25) is 0 Å². The molecular formula is C42H26N2O. The molecule has 0 saturated heterocycles. The van der Waals surface area contributed by atoms with Crippen molar-refractivity contribution in [2.45, 2.75) is 0 Å². The lowest BCUT2D eigenvalue weighted by atomic mass is 10.00. The van der Waals surface area contributed by atoms with E-state index >= 15 is 0 Å². The van der Waals surface area contributed by atoms with Crippen molar-refractivity contribution in [1.82, 2.24) is 9.13 Å². The van der Waals surface area contributed by atoms with Crippen molar-refractivity contribution in [1.29, 1.82) is 0 Å². The zero-order valence-corrected chi connectivity index (χ0v) is 24.3. The van der Waals surface area contributed by atoms with Crippen LogP contribution in [-0.2, 0) is 0 Å². The Labute approximate surface area is 258 Å². The summed E-state index contributed by atoms with van der Waals surface area (Å²) in [7, 11) is 0. The third-order valence-electron chi connectivity index (χ3n) is 9.30. The van der Waals surface area contributed by atoms with Crippen LogP contribution in [0.5, 0.6) is 0 Å². The summed E-state index contributed by atoms with van der Waals surface area (Å²) in [4.78, 5) is 0. The fourth-order valence-corrected chi connectivity index (χ4v) is 7.33. The van der Waals surface area contributed by atoms with Crippen LogP contribution >= 0.6 is 0 Å². The largest absolute Gasteiger partial charge is 0.455 e. The van der Waals surface area contributed by atoms with Gasteiger partial charge in [0.05, 0.1) is 22.1 Å². The molecule has 3 nitrogen and oxygen atoms in total. The second kappa shape index (κ2) is 9.22. The molecule has 0 bridgehead atoms. The second-order valence-corrected chi connectivity index (χ2v) is 11.8. The van der Waals surface area contributed by atoms with Crippen molar-refractivity contribution in [2.24, 2.45) is 0 Å². The van der Waals surface area contributed by atoms with E-state index in [0.717, 1.165) is 44.4 Å². The van der Waals surface area contributed by atoms with Gasteiger partial charge in [-0.1, -0.05) is 97.1 Å². The van der Waals surface area contributed by atoms with Gasteiger partial charge in [-0.05, 0) is 66.2 Å². The molecule has 3 aromatic heterocycles. The normalized spacial score (nSPS) is 12.0. The van der Waals surface area contributed by atoms with Crippen LogP contribution in [0.4, 0.5) is 0 Å². The van der Waals surface area contributed by atoms with E-state index in [0.29, 0.717) is 0 Å². The van der Waals surface area contributed by atoms with Gasteiger partial charge in [0.1, 0.15) is 11.2 Å². The number of hydrogen-bond donors (Lipinski definition) is 0. The van der Waals surface area contributed by atoms with Gasteiger partial charge in [0.15, 0.2) is 0 Å². The minimum absolute atomic E-state index is 0.916. The molecule has 0 atom stereocenters. The monoisotopic (exact) mass is 574 g/mol. The number of furan rings is 1. The van der Waals surface area contributed by atoms with Gasteiger partial charge in [-0.2, -0.15) is 0 Å². The van der Waals surface area contributed by atoms with E-state index < -0.39 is 0 Å². The number of benzene rings is 7. The lowest BCUT2D eigenvalue weighted by Gasteiger charge is -2.10. The fraction of sp³-hybridized carbons (Fsp3) is 0. The van der Waals surface area contributed by atoms with Crippen LogP contribution in [0.25, 0.3) is 88.1 Å². The van der Waals surface area contributed by atoms with Crippen LogP contribution in [0.15, 0.2) is 162 Å². The van der Waals surface area contributed by atoms with Crippen LogP contribution in [0.3, 0.4) is 0 Å². The van der Waals surface area contributed by atoms with E-state index in [2.05, 4.69) is 155 Å². The molecule has 0 aliphatic rings. The van der Waals surface area contributed by atoms with Crippen molar-refractivity contribution in [3.8, 4) is 22.5 Å². The van der Waals surface area contributed by atoms with Crippen molar-refractivity contribution in [3.05, 3.63) is 158 Å². The van der Waals surface area contributed by atoms with Gasteiger partial charge >= 0.3 is 0 Å². The predicted molar refractivity (Wildman–Crippen MR) is 188 cm³/mol. The first-order valence-corrected chi connectivity index (χ1v) is 15.4. The Morgan fingerprint density at radius 2 is 0.933 bits per heavy atom. The van der Waals surface area contributed by atoms with E-state index in [1.165, 1.54) is 43.6 Å². The van der Waals surface area contributed by atoms with Crippen LogP contribution in [0.1, 0.15) is 0 Å². The molecule has 3 heterocycles. The molecule has 0 amide bonds. The first-order valence-electron chi connectivity index (χ1n) is 15.4. The molecule has 210 valence electrons. The zero-order chi connectivity index (χ0) is 29.5. The van der Waals surface area contributed by atoms with Crippen LogP contribution in [-0.4, -0.2) is 9.13 Å². The maximum absolute atomic E-state index is 6.45. The van der Waals surface area contributed by atoms with E-state index in [1.807, 2.05) is 12.1 Å². The standard InChI is InChI=1S/C42H26N2O/c1-3-12-28(13-4-1)43-37-20-9-7-16-31(37)35-25-36-34-24-27(30-18-11-19-33-32-17-8-10-21-41(32)45-42(30)33)22-23-38(34)44(40(36)26-39(35)43)29-14-5-2-6-15-29/h1-26H. The maximum atomic E-state index is 6.45. The van der Waals surface area contributed by atoms with E-state index in [4.69, 9.17) is 4.42 Å². The molecule has 45 heavy (non-hydrogen) atoms. The van der Waals surface area contributed by atoms with Crippen molar-refractivity contribution in [3.63, 3.8) is 0 Å². The molecule has 0 fully saturated rings. The summed E-state index contributed by atoms with van der Waals surface area (Å²) < 4.78 is 11.3. The van der Waals surface area contributed by atoms with Crippen molar-refractivity contribution >= 4 is 65.6 Å². The highest BCUT2D eigenvalue weighted by Crippen LogP contribution is 2.42. The first kappa shape index (κ1) is 24.4. The summed E-state index contributed by atoms with van der Waals surface area (Å²) in [6.07, 6.45) is 0. The lowest BCUT2D eigenvalue weighted by Crippen LogP contribution is -1.95. The maximum Gasteiger partial charge on any atom is 0.143 e. The van der Waals surface area contributed by atoms with Crippen LogP contribution in [0, 0.1) is 0 Å². The quantitative estimate of drug-likeness (QED) is 0.206. The Bertz CT molecular complexity index is 2740. The van der Waals surface area contributed by atoms with Crippen LogP contribution < -0.4 is 0 Å². The lowest BCUT2D eigenvalue weighted by molar-refractivity contribution is 0.670. The topological polar surface area (TPSA) is 23.0 Å². The summed E-state index contributed by atoms with van der Waals surface area (Å²) >= 11 is 0. The van der Waals surface area contributed by atoms with Gasteiger partial charge < -0.3 is 13.6 Å². The SMILES string of the molecule is c1ccc(-n2c3ccccc3c3cc4c5cc(-c6cccc7c6oc6ccccc67)ccc5n(-c5ccccc5)c4cc32)cc1. The van der Waals surface area contributed by atoms with Gasteiger partial charge in [-0.25, -0.2) is 0 Å². The molecule has 0 unspecified atom stereocenters. The molecular weight excluding hydrogens is 548 g/mol. The van der Waals surface area contributed by atoms with Crippen molar-refractivity contribution in [2.75, 3.05) is 0 Å². The average Bonchev–Trinajstić information content (AvgIpc) is 3.75. The van der Waals surface area contributed by atoms with E-state index in [-0.39, 0.29) is 0 Å². The first-order chi connectivity index (χ1) is 22.3. The second-order valence-electron chi connectivity index (χ2n) is 11.8. The highest BCUT2D eigenvalue weighted by atomic mass is 16.3. The molecule has 0 saturated carbocycles. The van der Waals surface area contributed by atoms with Gasteiger partial charge in [-0.15, -0.1) is 0 Å². The summed E-state index contributed by atoms with van der Waals surface area (Å²) in [5.41, 5.74) is 11.2. The van der Waals surface area contributed by atoms with E-state index in [1.54, 1.807) is 0 Å². The fourth-order valence-electron chi connectivity index (χ4n) is 7.33. The van der Waals surface area contributed by atoms with Crippen molar-refractivity contribution < 1.29 is 4.42 Å². The summed E-state index contributed by atoms with van der Waals surface area (Å²) in [5, 5.41) is 7.24. The molecule has 0 radical (unpaired) electrons. The Hall–Kier alpha value is -6.06. The van der Waals surface area contributed by atoms with E-state index in [9.17, 15) is 0 Å². The summed E-state index contributed by atoms with van der Waals surface area (Å²) in [6, 6.07) is 56.5. The number of aromatic nitrogens is 2. The molecule has 10 aromatic rings. The van der Waals surface area contributed by atoms with Gasteiger partial charge in [-0.3, -0.25) is 0 Å². The minimum Gasteiger partial charge on any atom is -0.455 e. The van der Waals surface area contributed by atoms with Gasteiger partial charge in [0, 0.05) is 49.3 Å². The molecule has 0 aliphatic heterocycles. The Morgan fingerprint density at radius 3 is 1.69 bits per heavy atom. The molecule has 0 aliphatic carbocycles. The molecule has 0 N–H and O–H groups in total.